The first-order valence-corrected chi connectivity index (χ1v) is 8.29. The van der Waals surface area contributed by atoms with Gasteiger partial charge in [0.15, 0.2) is 5.13 Å². The van der Waals surface area contributed by atoms with Crippen LogP contribution in [0.2, 0.25) is 0 Å². The summed E-state index contributed by atoms with van der Waals surface area (Å²) in [6, 6.07) is 0.633. The molecule has 108 valence electrons. The molecule has 0 radical (unpaired) electrons. The summed E-state index contributed by atoms with van der Waals surface area (Å²) in [5, 5.41) is 4.51. The molecule has 0 aliphatic carbocycles. The van der Waals surface area contributed by atoms with Gasteiger partial charge in [-0.05, 0) is 38.6 Å². The standard InChI is InChI=1S/C15H27N3S/c1-6-11(3)14-13(8-16-5)19-15(17-14)18-9-10(2)7-12(18)4/h10-12,16H,6-9H2,1-5H3. The first kappa shape index (κ1) is 14.8. The van der Waals surface area contributed by atoms with E-state index in [1.165, 1.54) is 22.1 Å². The van der Waals surface area contributed by atoms with Crippen LogP contribution in [0, 0.1) is 5.92 Å². The van der Waals surface area contributed by atoms with E-state index < -0.39 is 0 Å². The Morgan fingerprint density at radius 2 is 2.21 bits per heavy atom. The van der Waals surface area contributed by atoms with Gasteiger partial charge in [0, 0.05) is 24.0 Å². The molecule has 0 spiro atoms. The normalized spacial score (nSPS) is 25.0. The average molecular weight is 281 g/mol. The SMILES string of the molecule is CCC(C)c1nc(N2CC(C)CC2C)sc1CNC. The molecule has 1 fully saturated rings. The van der Waals surface area contributed by atoms with E-state index >= 15 is 0 Å². The lowest BCUT2D eigenvalue weighted by Gasteiger charge is -2.20. The predicted molar refractivity (Wildman–Crippen MR) is 84.2 cm³/mol. The number of aromatic nitrogens is 1. The number of hydrogen-bond donors (Lipinski definition) is 1. The molecule has 4 heteroatoms. The highest BCUT2D eigenvalue weighted by Gasteiger charge is 2.29. The number of anilines is 1. The molecule has 2 heterocycles. The van der Waals surface area contributed by atoms with E-state index in [2.05, 4.69) is 37.9 Å². The Kier molecular flexibility index (Phi) is 4.85. The van der Waals surface area contributed by atoms with Crippen molar-refractivity contribution in [3.63, 3.8) is 0 Å². The zero-order chi connectivity index (χ0) is 14.0. The molecule has 3 nitrogen and oxygen atoms in total. The molecule has 0 aromatic carbocycles. The van der Waals surface area contributed by atoms with Gasteiger partial charge in [-0.2, -0.15) is 0 Å². The van der Waals surface area contributed by atoms with Crippen LogP contribution in [0.5, 0.6) is 0 Å². The maximum Gasteiger partial charge on any atom is 0.186 e. The van der Waals surface area contributed by atoms with E-state index in [0.717, 1.165) is 25.4 Å². The van der Waals surface area contributed by atoms with E-state index in [0.29, 0.717) is 12.0 Å². The second-order valence-electron chi connectivity index (χ2n) is 5.99. The van der Waals surface area contributed by atoms with Crippen molar-refractivity contribution >= 4 is 16.5 Å². The van der Waals surface area contributed by atoms with Crippen molar-refractivity contribution in [2.45, 2.75) is 59.0 Å². The van der Waals surface area contributed by atoms with Crippen molar-refractivity contribution in [1.29, 1.82) is 0 Å². The Morgan fingerprint density at radius 3 is 2.74 bits per heavy atom. The van der Waals surface area contributed by atoms with E-state index in [1.807, 2.05) is 18.4 Å². The second-order valence-corrected chi connectivity index (χ2v) is 7.05. The lowest BCUT2D eigenvalue weighted by molar-refractivity contribution is 0.625. The zero-order valence-electron chi connectivity index (χ0n) is 12.9. The zero-order valence-corrected chi connectivity index (χ0v) is 13.7. The van der Waals surface area contributed by atoms with E-state index in [1.54, 1.807) is 0 Å². The lowest BCUT2D eigenvalue weighted by Crippen LogP contribution is -2.26. The van der Waals surface area contributed by atoms with Crippen LogP contribution in [0.25, 0.3) is 0 Å². The van der Waals surface area contributed by atoms with Crippen LogP contribution < -0.4 is 10.2 Å². The van der Waals surface area contributed by atoms with Crippen LogP contribution in [0.4, 0.5) is 5.13 Å². The van der Waals surface area contributed by atoms with Gasteiger partial charge in [0.05, 0.1) is 5.69 Å². The van der Waals surface area contributed by atoms with Gasteiger partial charge in [0.1, 0.15) is 0 Å². The van der Waals surface area contributed by atoms with Gasteiger partial charge in [0.25, 0.3) is 0 Å². The summed E-state index contributed by atoms with van der Waals surface area (Å²) in [5.74, 6) is 1.35. The maximum absolute atomic E-state index is 4.97. The minimum absolute atomic E-state index is 0.559. The highest BCUT2D eigenvalue weighted by molar-refractivity contribution is 7.15. The molecule has 0 saturated carbocycles. The fraction of sp³-hybridized carbons (Fsp3) is 0.800. The molecule has 19 heavy (non-hydrogen) atoms. The van der Waals surface area contributed by atoms with Crippen LogP contribution in [0.3, 0.4) is 0 Å². The molecule has 1 aliphatic heterocycles. The summed E-state index contributed by atoms with van der Waals surface area (Å²) in [6.07, 6.45) is 2.45. The molecule has 1 aromatic heterocycles. The van der Waals surface area contributed by atoms with Crippen LogP contribution in [0.1, 0.15) is 57.0 Å². The lowest BCUT2D eigenvalue weighted by atomic mass is 10.0. The van der Waals surface area contributed by atoms with Crippen molar-refractivity contribution in [1.82, 2.24) is 10.3 Å². The van der Waals surface area contributed by atoms with Gasteiger partial charge < -0.3 is 10.2 Å². The molecule has 1 N–H and O–H groups in total. The minimum Gasteiger partial charge on any atom is -0.345 e. The molecular weight excluding hydrogens is 254 g/mol. The predicted octanol–water partition coefficient (Wildman–Crippen LogP) is 3.61. The Hall–Kier alpha value is -0.610. The summed E-state index contributed by atoms with van der Waals surface area (Å²) in [7, 11) is 2.01. The molecule has 1 aliphatic rings. The van der Waals surface area contributed by atoms with Crippen LogP contribution in [0.15, 0.2) is 0 Å². The van der Waals surface area contributed by atoms with Gasteiger partial charge in [0.2, 0.25) is 0 Å². The van der Waals surface area contributed by atoms with Gasteiger partial charge in [-0.15, -0.1) is 11.3 Å². The van der Waals surface area contributed by atoms with Gasteiger partial charge >= 0.3 is 0 Å². The number of rotatable bonds is 5. The minimum atomic E-state index is 0.559. The van der Waals surface area contributed by atoms with Crippen LogP contribution >= 0.6 is 11.3 Å². The second kappa shape index (κ2) is 6.23. The molecular formula is C15H27N3S. The van der Waals surface area contributed by atoms with Crippen molar-refractivity contribution in [2.24, 2.45) is 5.92 Å². The molecule has 0 bridgehead atoms. The third-order valence-corrected chi connectivity index (χ3v) is 5.27. The summed E-state index contributed by atoms with van der Waals surface area (Å²) >= 11 is 1.88. The number of nitrogens with one attached hydrogen (secondary N) is 1. The number of hydrogen-bond acceptors (Lipinski definition) is 4. The fourth-order valence-corrected chi connectivity index (χ4v) is 4.21. The Bertz CT molecular complexity index is 416. The first-order valence-electron chi connectivity index (χ1n) is 7.47. The largest absolute Gasteiger partial charge is 0.345 e. The van der Waals surface area contributed by atoms with Crippen molar-refractivity contribution in [2.75, 3.05) is 18.5 Å². The molecule has 3 atom stereocenters. The Morgan fingerprint density at radius 1 is 1.47 bits per heavy atom. The maximum atomic E-state index is 4.97. The topological polar surface area (TPSA) is 28.2 Å². The quantitative estimate of drug-likeness (QED) is 0.893. The van der Waals surface area contributed by atoms with E-state index in [9.17, 15) is 0 Å². The van der Waals surface area contributed by atoms with Crippen molar-refractivity contribution in [3.8, 4) is 0 Å². The Labute approximate surface area is 121 Å². The summed E-state index contributed by atoms with van der Waals surface area (Å²) in [6.45, 7) is 11.3. The third kappa shape index (κ3) is 3.11. The van der Waals surface area contributed by atoms with E-state index in [-0.39, 0.29) is 0 Å². The third-order valence-electron chi connectivity index (χ3n) is 4.16. The average Bonchev–Trinajstić information content (AvgIpc) is 2.92. The molecule has 1 aromatic rings. The van der Waals surface area contributed by atoms with E-state index in [4.69, 9.17) is 4.98 Å². The molecule has 0 amide bonds. The molecule has 1 saturated heterocycles. The van der Waals surface area contributed by atoms with Crippen LogP contribution in [-0.2, 0) is 6.54 Å². The van der Waals surface area contributed by atoms with Gasteiger partial charge in [-0.1, -0.05) is 20.8 Å². The van der Waals surface area contributed by atoms with Gasteiger partial charge in [-0.3, -0.25) is 0 Å². The summed E-state index contributed by atoms with van der Waals surface area (Å²) in [5.41, 5.74) is 1.31. The number of thiazole rings is 1. The fourth-order valence-electron chi connectivity index (χ4n) is 2.91. The van der Waals surface area contributed by atoms with Crippen LogP contribution in [-0.4, -0.2) is 24.6 Å². The summed E-state index contributed by atoms with van der Waals surface area (Å²) < 4.78 is 0. The highest BCUT2D eigenvalue weighted by atomic mass is 32.1. The molecule has 2 rings (SSSR count). The first-order chi connectivity index (χ1) is 9.06. The smallest absolute Gasteiger partial charge is 0.186 e. The van der Waals surface area contributed by atoms with Crippen molar-refractivity contribution < 1.29 is 0 Å². The number of nitrogens with zero attached hydrogens (tertiary/aromatic N) is 2. The summed E-state index contributed by atoms with van der Waals surface area (Å²) in [4.78, 5) is 8.89. The highest BCUT2D eigenvalue weighted by Crippen LogP contribution is 2.36. The van der Waals surface area contributed by atoms with Crippen molar-refractivity contribution in [3.05, 3.63) is 10.6 Å². The molecule has 3 unspecified atom stereocenters. The van der Waals surface area contributed by atoms with Gasteiger partial charge in [-0.25, -0.2) is 4.98 Å². The Balaban J connectivity index is 2.26. The monoisotopic (exact) mass is 281 g/mol.